The Hall–Kier alpha value is -1.80. The Labute approximate surface area is 134 Å². The van der Waals surface area contributed by atoms with Gasteiger partial charge in [0.25, 0.3) is 0 Å². The van der Waals surface area contributed by atoms with Gasteiger partial charge >= 0.3 is 0 Å². The van der Waals surface area contributed by atoms with E-state index >= 15 is 0 Å². The predicted molar refractivity (Wildman–Crippen MR) is 80.3 cm³/mol. The van der Waals surface area contributed by atoms with Gasteiger partial charge in [-0.2, -0.15) is 4.98 Å². The van der Waals surface area contributed by atoms with Crippen molar-refractivity contribution in [2.24, 2.45) is 0 Å². The van der Waals surface area contributed by atoms with E-state index in [2.05, 4.69) is 25.1 Å². The van der Waals surface area contributed by atoms with Crippen molar-refractivity contribution in [3.63, 3.8) is 0 Å². The first-order chi connectivity index (χ1) is 11.0. The highest BCUT2D eigenvalue weighted by Crippen LogP contribution is 2.23. The molecule has 1 saturated heterocycles. The fourth-order valence-corrected chi connectivity index (χ4v) is 3.09. The molecule has 7 nitrogen and oxygen atoms in total. The van der Waals surface area contributed by atoms with E-state index in [1.54, 1.807) is 6.92 Å². The van der Waals surface area contributed by atoms with E-state index in [0.717, 1.165) is 18.0 Å². The molecular formula is C15H22FN5O2. The summed E-state index contributed by atoms with van der Waals surface area (Å²) in [5.41, 5.74) is 0.889. The summed E-state index contributed by atoms with van der Waals surface area (Å²) in [5.74, 6) is 1.94. The lowest BCUT2D eigenvalue weighted by molar-refractivity contribution is 0.174. The number of hydrogen-bond donors (Lipinski definition) is 0. The van der Waals surface area contributed by atoms with Crippen LogP contribution >= 0.6 is 0 Å². The first-order valence-corrected chi connectivity index (χ1v) is 7.77. The highest BCUT2D eigenvalue weighted by atomic mass is 19.1. The minimum absolute atomic E-state index is 0.127. The van der Waals surface area contributed by atoms with E-state index in [1.807, 2.05) is 20.0 Å². The monoisotopic (exact) mass is 323 g/mol. The van der Waals surface area contributed by atoms with Crippen molar-refractivity contribution in [1.29, 1.82) is 0 Å². The molecule has 2 aromatic rings. The maximum Gasteiger partial charge on any atom is 0.223 e. The van der Waals surface area contributed by atoms with Crippen LogP contribution in [0.5, 0.6) is 0 Å². The first kappa shape index (κ1) is 16.1. The second-order valence-corrected chi connectivity index (χ2v) is 6.27. The molecule has 0 N–H and O–H groups in total. The molecule has 1 aliphatic heterocycles. The fraction of sp³-hybridized carbons (Fsp3) is 0.667. The highest BCUT2D eigenvalue weighted by molar-refractivity contribution is 5.03. The predicted octanol–water partition coefficient (Wildman–Crippen LogP) is 1.72. The van der Waals surface area contributed by atoms with Gasteiger partial charge in [0.1, 0.15) is 11.9 Å². The molecule has 1 fully saturated rings. The van der Waals surface area contributed by atoms with Gasteiger partial charge in [-0.3, -0.25) is 9.80 Å². The van der Waals surface area contributed by atoms with Crippen molar-refractivity contribution < 1.29 is 13.4 Å². The van der Waals surface area contributed by atoms with Crippen LogP contribution in [-0.4, -0.2) is 57.4 Å². The van der Waals surface area contributed by atoms with Crippen LogP contribution in [0.25, 0.3) is 0 Å². The number of aromatic nitrogens is 3. The molecule has 0 amide bonds. The fourth-order valence-electron chi connectivity index (χ4n) is 3.09. The minimum atomic E-state index is -0.810. The molecule has 2 atom stereocenters. The van der Waals surface area contributed by atoms with Crippen molar-refractivity contribution in [3.8, 4) is 0 Å². The van der Waals surface area contributed by atoms with E-state index in [-0.39, 0.29) is 6.04 Å². The molecule has 126 valence electrons. The Balaban J connectivity index is 1.58. The number of rotatable bonds is 6. The Kier molecular flexibility index (Phi) is 4.72. The summed E-state index contributed by atoms with van der Waals surface area (Å²) >= 11 is 0. The number of likely N-dealkylation sites (tertiary alicyclic amines) is 1. The SMILES string of the molecule is Cc1cc(CN(C)C[C@@H]2C[C@H](F)CN2Cc2noc(C)n2)no1. The molecule has 1 aliphatic rings. The maximum absolute atomic E-state index is 13.9. The molecule has 0 unspecified atom stereocenters. The zero-order valence-electron chi connectivity index (χ0n) is 13.7. The van der Waals surface area contributed by atoms with Crippen molar-refractivity contribution in [2.45, 2.75) is 45.6 Å². The van der Waals surface area contributed by atoms with Gasteiger partial charge in [0.2, 0.25) is 5.89 Å². The van der Waals surface area contributed by atoms with Gasteiger partial charge in [-0.1, -0.05) is 10.3 Å². The summed E-state index contributed by atoms with van der Waals surface area (Å²) in [7, 11) is 2.01. The summed E-state index contributed by atoms with van der Waals surface area (Å²) in [5, 5.41) is 7.90. The van der Waals surface area contributed by atoms with Crippen LogP contribution in [0.1, 0.15) is 29.6 Å². The Morgan fingerprint density at radius 2 is 2.17 bits per heavy atom. The van der Waals surface area contributed by atoms with Crippen LogP contribution in [0.2, 0.25) is 0 Å². The zero-order chi connectivity index (χ0) is 16.4. The van der Waals surface area contributed by atoms with Gasteiger partial charge in [-0.25, -0.2) is 4.39 Å². The van der Waals surface area contributed by atoms with Gasteiger partial charge in [0.05, 0.1) is 12.2 Å². The Morgan fingerprint density at radius 3 is 2.83 bits per heavy atom. The average Bonchev–Trinajstić information content (AvgIpc) is 3.14. The number of nitrogens with zero attached hydrogens (tertiary/aromatic N) is 5. The van der Waals surface area contributed by atoms with E-state index in [9.17, 15) is 4.39 Å². The second-order valence-electron chi connectivity index (χ2n) is 6.27. The van der Waals surface area contributed by atoms with Crippen LogP contribution in [0.3, 0.4) is 0 Å². The summed E-state index contributed by atoms with van der Waals surface area (Å²) in [6.45, 7) is 5.98. The lowest BCUT2D eigenvalue weighted by atomic mass is 10.2. The molecule has 3 rings (SSSR count). The van der Waals surface area contributed by atoms with E-state index in [0.29, 0.717) is 37.8 Å². The van der Waals surface area contributed by atoms with Crippen molar-refractivity contribution >= 4 is 0 Å². The first-order valence-electron chi connectivity index (χ1n) is 7.77. The minimum Gasteiger partial charge on any atom is -0.361 e. The molecule has 0 saturated carbocycles. The third kappa shape index (κ3) is 4.14. The largest absolute Gasteiger partial charge is 0.361 e. The molecule has 0 spiro atoms. The third-order valence-electron chi connectivity index (χ3n) is 4.02. The van der Waals surface area contributed by atoms with Crippen LogP contribution in [0.4, 0.5) is 4.39 Å². The van der Waals surface area contributed by atoms with Gasteiger partial charge in [0.15, 0.2) is 5.82 Å². The quantitative estimate of drug-likeness (QED) is 0.801. The number of aryl methyl sites for hydroxylation is 2. The van der Waals surface area contributed by atoms with Gasteiger partial charge in [0, 0.05) is 38.7 Å². The summed E-state index contributed by atoms with van der Waals surface area (Å²) < 4.78 is 23.9. The van der Waals surface area contributed by atoms with E-state index in [1.165, 1.54) is 0 Å². The molecule has 0 aliphatic carbocycles. The molecule has 0 bridgehead atoms. The van der Waals surface area contributed by atoms with Crippen LogP contribution in [0.15, 0.2) is 15.1 Å². The second kappa shape index (κ2) is 6.76. The molecule has 0 radical (unpaired) electrons. The normalized spacial score (nSPS) is 22.3. The molecule has 2 aromatic heterocycles. The lowest BCUT2D eigenvalue weighted by Gasteiger charge is -2.26. The van der Waals surface area contributed by atoms with Crippen molar-refractivity contribution in [1.82, 2.24) is 25.1 Å². The number of likely N-dealkylation sites (N-methyl/N-ethyl adjacent to an activating group) is 1. The standard InChI is InChI=1S/C15H22FN5O2/c1-10-4-13(18-22-10)7-20(3)8-14-5-12(16)6-21(14)9-15-17-11(2)23-19-15/h4,12,14H,5-9H2,1-3H3/t12-,14-/m0/s1. The lowest BCUT2D eigenvalue weighted by Crippen LogP contribution is -2.38. The topological polar surface area (TPSA) is 71.4 Å². The number of alkyl halides is 1. The maximum atomic E-state index is 13.9. The van der Waals surface area contributed by atoms with Crippen LogP contribution in [0, 0.1) is 13.8 Å². The van der Waals surface area contributed by atoms with E-state index in [4.69, 9.17) is 9.05 Å². The Bertz CT molecular complexity index is 643. The van der Waals surface area contributed by atoms with Crippen LogP contribution in [-0.2, 0) is 13.1 Å². The molecule has 8 heteroatoms. The number of hydrogen-bond acceptors (Lipinski definition) is 7. The highest BCUT2D eigenvalue weighted by Gasteiger charge is 2.33. The van der Waals surface area contributed by atoms with E-state index < -0.39 is 6.17 Å². The Morgan fingerprint density at radius 1 is 1.35 bits per heavy atom. The summed E-state index contributed by atoms with van der Waals surface area (Å²) in [4.78, 5) is 8.42. The third-order valence-corrected chi connectivity index (χ3v) is 4.02. The smallest absolute Gasteiger partial charge is 0.223 e. The van der Waals surface area contributed by atoms with Crippen LogP contribution < -0.4 is 0 Å². The summed E-state index contributed by atoms with van der Waals surface area (Å²) in [6, 6.07) is 2.05. The average molecular weight is 323 g/mol. The zero-order valence-corrected chi connectivity index (χ0v) is 13.7. The molecule has 0 aromatic carbocycles. The van der Waals surface area contributed by atoms with Crippen molar-refractivity contribution in [3.05, 3.63) is 29.2 Å². The van der Waals surface area contributed by atoms with Gasteiger partial charge in [-0.15, -0.1) is 0 Å². The van der Waals surface area contributed by atoms with Gasteiger partial charge < -0.3 is 9.05 Å². The van der Waals surface area contributed by atoms with Gasteiger partial charge in [-0.05, 0) is 20.4 Å². The summed E-state index contributed by atoms with van der Waals surface area (Å²) in [6.07, 6.45) is -0.283. The molecular weight excluding hydrogens is 301 g/mol. The molecule has 3 heterocycles. The number of halogens is 1. The molecule has 23 heavy (non-hydrogen) atoms. The van der Waals surface area contributed by atoms with Crippen molar-refractivity contribution in [2.75, 3.05) is 20.1 Å².